The van der Waals surface area contributed by atoms with Gasteiger partial charge >= 0.3 is 0 Å². The largest absolute Gasteiger partial charge is 0.372 e. The molecule has 0 bridgehead atoms. The fourth-order valence-electron chi connectivity index (χ4n) is 4.11. The molecule has 2 heterocycles. The second-order valence-electron chi connectivity index (χ2n) is 6.45. The summed E-state index contributed by atoms with van der Waals surface area (Å²) in [6.45, 7) is 0. The van der Waals surface area contributed by atoms with Crippen molar-refractivity contribution in [3.8, 4) is 0 Å². The number of nitrogens with one attached hydrogen (secondary N) is 1. The van der Waals surface area contributed by atoms with E-state index in [9.17, 15) is 0 Å². The van der Waals surface area contributed by atoms with E-state index in [1.165, 1.54) is 62.9 Å². The van der Waals surface area contributed by atoms with Crippen molar-refractivity contribution in [3.05, 3.63) is 0 Å². The molecule has 3 heteroatoms. The minimum Gasteiger partial charge on any atom is -0.372 e. The molecule has 3 aliphatic rings. The summed E-state index contributed by atoms with van der Waals surface area (Å²) in [5.74, 6) is 3.46. The van der Waals surface area contributed by atoms with Crippen LogP contribution in [0, 0.1) is 5.92 Å². The maximum Gasteiger partial charge on any atom is 0.0687 e. The summed E-state index contributed by atoms with van der Waals surface area (Å²) in [7, 11) is 2.11. The van der Waals surface area contributed by atoms with Crippen LogP contribution in [0.25, 0.3) is 0 Å². The minimum absolute atomic E-state index is 0.309. The Hall–Kier alpha value is 0.270. The van der Waals surface area contributed by atoms with Gasteiger partial charge < -0.3 is 10.1 Å². The summed E-state index contributed by atoms with van der Waals surface area (Å²) in [5, 5.41) is 3.48. The zero-order valence-electron chi connectivity index (χ0n) is 11.6. The van der Waals surface area contributed by atoms with E-state index in [-0.39, 0.29) is 0 Å². The summed E-state index contributed by atoms with van der Waals surface area (Å²) in [4.78, 5) is 0. The standard InChI is InChI=1S/C15H27NOS/c1-16-14-11-18-10-12(14)9-13-5-8-15(17-13)6-3-2-4-7-15/h12-14,16H,2-11H2,1H3. The van der Waals surface area contributed by atoms with Crippen molar-refractivity contribution < 1.29 is 4.74 Å². The first kappa shape index (κ1) is 13.3. The van der Waals surface area contributed by atoms with Gasteiger partial charge in [0.2, 0.25) is 0 Å². The lowest BCUT2D eigenvalue weighted by atomic mass is 9.83. The molecule has 2 saturated heterocycles. The van der Waals surface area contributed by atoms with Crippen LogP contribution in [0.1, 0.15) is 51.4 Å². The van der Waals surface area contributed by atoms with Gasteiger partial charge in [-0.1, -0.05) is 19.3 Å². The van der Waals surface area contributed by atoms with Gasteiger partial charge in [-0.3, -0.25) is 0 Å². The van der Waals surface area contributed by atoms with Crippen LogP contribution < -0.4 is 5.32 Å². The summed E-state index contributed by atoms with van der Waals surface area (Å²) in [6, 6.07) is 0.724. The van der Waals surface area contributed by atoms with Crippen LogP contribution in [-0.4, -0.2) is 36.3 Å². The van der Waals surface area contributed by atoms with E-state index in [0.29, 0.717) is 11.7 Å². The molecule has 0 aromatic carbocycles. The van der Waals surface area contributed by atoms with Crippen molar-refractivity contribution in [1.82, 2.24) is 5.32 Å². The van der Waals surface area contributed by atoms with E-state index in [1.807, 2.05) is 0 Å². The third-order valence-electron chi connectivity index (χ3n) is 5.24. The molecule has 3 fully saturated rings. The molecule has 1 aliphatic carbocycles. The molecule has 18 heavy (non-hydrogen) atoms. The first-order valence-corrected chi connectivity index (χ1v) is 8.90. The van der Waals surface area contributed by atoms with Gasteiger partial charge in [0.1, 0.15) is 0 Å². The predicted molar refractivity (Wildman–Crippen MR) is 78.2 cm³/mol. The lowest BCUT2D eigenvalue weighted by Crippen LogP contribution is -2.36. The van der Waals surface area contributed by atoms with Crippen molar-refractivity contribution in [2.45, 2.75) is 69.1 Å². The van der Waals surface area contributed by atoms with Gasteiger partial charge in [0.25, 0.3) is 0 Å². The van der Waals surface area contributed by atoms with E-state index >= 15 is 0 Å². The number of thioether (sulfide) groups is 1. The predicted octanol–water partition coefficient (Wildman–Crippen LogP) is 3.21. The molecule has 3 rings (SSSR count). The summed E-state index contributed by atoms with van der Waals surface area (Å²) in [6.07, 6.45) is 11.4. The van der Waals surface area contributed by atoms with Gasteiger partial charge in [-0.05, 0) is 50.8 Å². The van der Waals surface area contributed by atoms with Gasteiger partial charge in [0.15, 0.2) is 0 Å². The average Bonchev–Trinajstić information content (AvgIpc) is 2.99. The monoisotopic (exact) mass is 269 g/mol. The minimum atomic E-state index is 0.309. The SMILES string of the molecule is CNC1CSCC1CC1CCC2(CCCCC2)O1. The van der Waals surface area contributed by atoms with E-state index in [2.05, 4.69) is 24.1 Å². The highest BCUT2D eigenvalue weighted by Gasteiger charge is 2.42. The Labute approximate surface area is 116 Å². The molecule has 1 saturated carbocycles. The Morgan fingerprint density at radius 1 is 1.17 bits per heavy atom. The molecule has 0 aromatic heterocycles. The quantitative estimate of drug-likeness (QED) is 0.850. The van der Waals surface area contributed by atoms with Gasteiger partial charge in [0.05, 0.1) is 11.7 Å². The fraction of sp³-hybridized carbons (Fsp3) is 1.00. The van der Waals surface area contributed by atoms with E-state index in [0.717, 1.165) is 12.0 Å². The summed E-state index contributed by atoms with van der Waals surface area (Å²) in [5.41, 5.74) is 0.309. The molecule has 3 unspecified atom stereocenters. The summed E-state index contributed by atoms with van der Waals surface area (Å²) >= 11 is 2.11. The van der Waals surface area contributed by atoms with E-state index in [1.54, 1.807) is 0 Å². The lowest BCUT2D eigenvalue weighted by molar-refractivity contribution is -0.0696. The van der Waals surface area contributed by atoms with Crippen molar-refractivity contribution in [2.24, 2.45) is 5.92 Å². The number of hydrogen-bond donors (Lipinski definition) is 1. The Morgan fingerprint density at radius 2 is 2.00 bits per heavy atom. The zero-order chi connectivity index (χ0) is 12.4. The van der Waals surface area contributed by atoms with Crippen molar-refractivity contribution in [1.29, 1.82) is 0 Å². The molecule has 104 valence electrons. The third-order valence-corrected chi connectivity index (χ3v) is 6.50. The third kappa shape index (κ3) is 2.73. The first-order chi connectivity index (χ1) is 8.81. The molecular weight excluding hydrogens is 242 g/mol. The Kier molecular flexibility index (Phi) is 4.21. The molecule has 3 atom stereocenters. The molecule has 2 nitrogen and oxygen atoms in total. The van der Waals surface area contributed by atoms with Gasteiger partial charge in [-0.25, -0.2) is 0 Å². The van der Waals surface area contributed by atoms with Crippen LogP contribution in [0.3, 0.4) is 0 Å². The molecule has 2 aliphatic heterocycles. The molecule has 1 N–H and O–H groups in total. The van der Waals surface area contributed by atoms with Crippen molar-refractivity contribution in [2.75, 3.05) is 18.6 Å². The van der Waals surface area contributed by atoms with E-state index < -0.39 is 0 Å². The average molecular weight is 269 g/mol. The smallest absolute Gasteiger partial charge is 0.0687 e. The van der Waals surface area contributed by atoms with Gasteiger partial charge in [-0.15, -0.1) is 0 Å². The topological polar surface area (TPSA) is 21.3 Å². The normalized spacial score (nSPS) is 39.5. The van der Waals surface area contributed by atoms with Crippen LogP contribution in [-0.2, 0) is 4.74 Å². The van der Waals surface area contributed by atoms with Gasteiger partial charge in [-0.2, -0.15) is 11.8 Å². The Bertz CT molecular complexity index is 278. The maximum absolute atomic E-state index is 6.51. The first-order valence-electron chi connectivity index (χ1n) is 7.74. The summed E-state index contributed by atoms with van der Waals surface area (Å²) < 4.78 is 6.51. The molecule has 0 amide bonds. The number of ether oxygens (including phenoxy) is 1. The number of rotatable bonds is 3. The maximum atomic E-state index is 6.51. The second kappa shape index (κ2) is 5.72. The fourth-order valence-corrected chi connectivity index (χ4v) is 5.61. The Morgan fingerprint density at radius 3 is 2.78 bits per heavy atom. The zero-order valence-corrected chi connectivity index (χ0v) is 12.4. The Balaban J connectivity index is 1.52. The molecular formula is C15H27NOS. The van der Waals surface area contributed by atoms with Crippen LogP contribution in [0.4, 0.5) is 0 Å². The van der Waals surface area contributed by atoms with Crippen LogP contribution in [0.2, 0.25) is 0 Å². The second-order valence-corrected chi connectivity index (χ2v) is 7.53. The molecule has 1 spiro atoms. The number of hydrogen-bond acceptors (Lipinski definition) is 3. The molecule has 0 radical (unpaired) electrons. The van der Waals surface area contributed by atoms with Crippen molar-refractivity contribution in [3.63, 3.8) is 0 Å². The highest BCUT2D eigenvalue weighted by atomic mass is 32.2. The highest BCUT2D eigenvalue weighted by Crippen LogP contribution is 2.44. The van der Waals surface area contributed by atoms with Crippen LogP contribution >= 0.6 is 11.8 Å². The molecule has 0 aromatic rings. The van der Waals surface area contributed by atoms with Crippen LogP contribution in [0.15, 0.2) is 0 Å². The van der Waals surface area contributed by atoms with Gasteiger partial charge in [0, 0.05) is 11.8 Å². The van der Waals surface area contributed by atoms with E-state index in [4.69, 9.17) is 4.74 Å². The highest BCUT2D eigenvalue weighted by molar-refractivity contribution is 7.99. The lowest BCUT2D eigenvalue weighted by Gasteiger charge is -2.34. The van der Waals surface area contributed by atoms with Crippen molar-refractivity contribution >= 4 is 11.8 Å². The van der Waals surface area contributed by atoms with Crippen LogP contribution in [0.5, 0.6) is 0 Å².